The van der Waals surface area contributed by atoms with E-state index in [0.29, 0.717) is 18.8 Å². The fourth-order valence-electron chi connectivity index (χ4n) is 2.03. The van der Waals surface area contributed by atoms with E-state index in [1.54, 1.807) is 12.1 Å². The van der Waals surface area contributed by atoms with Crippen molar-refractivity contribution in [2.24, 2.45) is 5.92 Å². The summed E-state index contributed by atoms with van der Waals surface area (Å²) in [6, 6.07) is 7.05. The summed E-state index contributed by atoms with van der Waals surface area (Å²) in [5.74, 6) is 0.202. The third kappa shape index (κ3) is 6.72. The van der Waals surface area contributed by atoms with Gasteiger partial charge in [0.2, 0.25) is 11.8 Å². The first-order valence-corrected chi connectivity index (χ1v) is 7.73. The van der Waals surface area contributed by atoms with E-state index in [1.165, 1.54) is 0 Å². The highest BCUT2D eigenvalue weighted by Crippen LogP contribution is 2.12. The van der Waals surface area contributed by atoms with Crippen LogP contribution in [0.3, 0.4) is 0 Å². The molecule has 1 unspecified atom stereocenters. The Kier molecular flexibility index (Phi) is 7.60. The summed E-state index contributed by atoms with van der Waals surface area (Å²) in [7, 11) is 0. The molecule has 0 aliphatic heterocycles. The van der Waals surface area contributed by atoms with Crippen LogP contribution in [-0.2, 0) is 16.0 Å². The second-order valence-corrected chi connectivity index (χ2v) is 5.88. The van der Waals surface area contributed by atoms with Gasteiger partial charge in [-0.15, -0.1) is 0 Å². The Morgan fingerprint density at radius 3 is 2.27 bits per heavy atom. The van der Waals surface area contributed by atoms with E-state index in [2.05, 4.69) is 10.6 Å². The zero-order chi connectivity index (χ0) is 16.5. The summed E-state index contributed by atoms with van der Waals surface area (Å²) in [6.07, 6.45) is 1.45. The molecule has 0 saturated heterocycles. The van der Waals surface area contributed by atoms with Crippen molar-refractivity contribution >= 4 is 17.5 Å². The average molecular weight is 306 g/mol. The van der Waals surface area contributed by atoms with Crippen molar-refractivity contribution in [3.05, 3.63) is 29.8 Å². The largest absolute Gasteiger partial charge is 0.394 e. The van der Waals surface area contributed by atoms with Crippen LogP contribution in [0.25, 0.3) is 0 Å². The third-order valence-electron chi connectivity index (χ3n) is 3.27. The molecule has 0 aliphatic rings. The van der Waals surface area contributed by atoms with E-state index in [9.17, 15) is 9.59 Å². The van der Waals surface area contributed by atoms with Crippen molar-refractivity contribution in [3.8, 4) is 0 Å². The van der Waals surface area contributed by atoms with Crippen molar-refractivity contribution in [3.63, 3.8) is 0 Å². The zero-order valence-electron chi connectivity index (χ0n) is 13.6. The number of benzene rings is 1. The molecule has 5 nitrogen and oxygen atoms in total. The lowest BCUT2D eigenvalue weighted by atomic mass is 10.1. The fraction of sp³-hybridized carbons (Fsp3) is 0.529. The number of hydrogen-bond acceptors (Lipinski definition) is 3. The Bertz CT molecular complexity index is 479. The molecule has 2 amide bonds. The van der Waals surface area contributed by atoms with Crippen molar-refractivity contribution in [1.29, 1.82) is 0 Å². The SMILES string of the molecule is CCC(CO)NC(=O)Cc1ccc(NC(=O)CC(C)C)cc1. The minimum Gasteiger partial charge on any atom is -0.394 e. The summed E-state index contributed by atoms with van der Waals surface area (Å²) < 4.78 is 0. The van der Waals surface area contributed by atoms with Gasteiger partial charge in [-0.1, -0.05) is 32.9 Å². The van der Waals surface area contributed by atoms with Gasteiger partial charge in [-0.2, -0.15) is 0 Å². The van der Waals surface area contributed by atoms with Crippen LogP contribution in [0.5, 0.6) is 0 Å². The minimum atomic E-state index is -0.193. The normalized spacial score (nSPS) is 12.0. The summed E-state index contributed by atoms with van der Waals surface area (Å²) in [5.41, 5.74) is 1.60. The van der Waals surface area contributed by atoms with E-state index < -0.39 is 0 Å². The number of hydrogen-bond donors (Lipinski definition) is 3. The zero-order valence-corrected chi connectivity index (χ0v) is 13.6. The summed E-state index contributed by atoms with van der Waals surface area (Å²) in [5, 5.41) is 14.7. The van der Waals surface area contributed by atoms with Gasteiger partial charge in [-0.25, -0.2) is 0 Å². The summed E-state index contributed by atoms with van der Waals surface area (Å²) in [4.78, 5) is 23.5. The molecule has 1 atom stereocenters. The van der Waals surface area contributed by atoms with Gasteiger partial charge in [-0.05, 0) is 30.0 Å². The standard InChI is InChI=1S/C17H26N2O3/c1-4-14(11-20)18-17(22)10-13-5-7-15(8-6-13)19-16(21)9-12(2)3/h5-8,12,14,20H,4,9-11H2,1-3H3,(H,18,22)(H,19,21). The second kappa shape index (κ2) is 9.20. The summed E-state index contributed by atoms with van der Waals surface area (Å²) >= 11 is 0. The number of aliphatic hydroxyl groups is 1. The molecule has 1 rings (SSSR count). The Morgan fingerprint density at radius 1 is 1.14 bits per heavy atom. The molecule has 0 aromatic heterocycles. The quantitative estimate of drug-likeness (QED) is 0.688. The predicted molar refractivity (Wildman–Crippen MR) is 87.5 cm³/mol. The highest BCUT2D eigenvalue weighted by atomic mass is 16.3. The van der Waals surface area contributed by atoms with Crippen LogP contribution in [0.15, 0.2) is 24.3 Å². The van der Waals surface area contributed by atoms with Gasteiger partial charge in [0.1, 0.15) is 0 Å². The van der Waals surface area contributed by atoms with Crippen molar-refractivity contribution in [1.82, 2.24) is 5.32 Å². The lowest BCUT2D eigenvalue weighted by molar-refractivity contribution is -0.121. The third-order valence-corrected chi connectivity index (χ3v) is 3.27. The van der Waals surface area contributed by atoms with Gasteiger partial charge in [0.15, 0.2) is 0 Å². The number of carbonyl (C=O) groups excluding carboxylic acids is 2. The lowest BCUT2D eigenvalue weighted by Gasteiger charge is -2.14. The van der Waals surface area contributed by atoms with Gasteiger partial charge in [0.25, 0.3) is 0 Å². The molecule has 0 radical (unpaired) electrons. The highest BCUT2D eigenvalue weighted by Gasteiger charge is 2.10. The van der Waals surface area contributed by atoms with Crippen LogP contribution in [0.1, 0.15) is 39.2 Å². The minimum absolute atomic E-state index is 0.00535. The van der Waals surface area contributed by atoms with Crippen LogP contribution in [0, 0.1) is 5.92 Å². The van der Waals surface area contributed by atoms with Crippen LogP contribution in [-0.4, -0.2) is 29.6 Å². The number of anilines is 1. The molecular formula is C17H26N2O3. The van der Waals surface area contributed by atoms with E-state index >= 15 is 0 Å². The van der Waals surface area contributed by atoms with Gasteiger partial charge in [-0.3, -0.25) is 9.59 Å². The molecule has 0 spiro atoms. The molecule has 0 aliphatic carbocycles. The van der Waals surface area contributed by atoms with Gasteiger partial charge < -0.3 is 15.7 Å². The number of carbonyl (C=O) groups is 2. The first-order chi connectivity index (χ1) is 10.4. The number of amides is 2. The molecule has 1 aromatic carbocycles. The van der Waals surface area contributed by atoms with Crippen molar-refractivity contribution < 1.29 is 14.7 Å². The Balaban J connectivity index is 2.51. The van der Waals surface area contributed by atoms with E-state index in [1.807, 2.05) is 32.9 Å². The predicted octanol–water partition coefficient (Wildman–Crippen LogP) is 2.10. The average Bonchev–Trinajstić information content (AvgIpc) is 2.46. The van der Waals surface area contributed by atoms with Gasteiger partial charge >= 0.3 is 0 Å². The molecule has 22 heavy (non-hydrogen) atoms. The molecule has 5 heteroatoms. The summed E-state index contributed by atoms with van der Waals surface area (Å²) in [6.45, 7) is 5.85. The fourth-order valence-corrected chi connectivity index (χ4v) is 2.03. The van der Waals surface area contributed by atoms with E-state index in [-0.39, 0.29) is 30.9 Å². The smallest absolute Gasteiger partial charge is 0.224 e. The second-order valence-electron chi connectivity index (χ2n) is 5.88. The molecular weight excluding hydrogens is 280 g/mol. The maximum Gasteiger partial charge on any atom is 0.224 e. The first-order valence-electron chi connectivity index (χ1n) is 7.73. The number of rotatable bonds is 8. The number of aliphatic hydroxyl groups excluding tert-OH is 1. The first kappa shape index (κ1) is 18.2. The Morgan fingerprint density at radius 2 is 1.77 bits per heavy atom. The monoisotopic (exact) mass is 306 g/mol. The highest BCUT2D eigenvalue weighted by molar-refractivity contribution is 5.90. The maximum absolute atomic E-state index is 11.8. The molecule has 0 heterocycles. The van der Waals surface area contributed by atoms with Crippen molar-refractivity contribution in [2.75, 3.05) is 11.9 Å². The topological polar surface area (TPSA) is 78.4 Å². The maximum atomic E-state index is 11.8. The van der Waals surface area contributed by atoms with Crippen LogP contribution >= 0.6 is 0 Å². The molecule has 122 valence electrons. The van der Waals surface area contributed by atoms with Crippen LogP contribution < -0.4 is 10.6 Å². The Labute approximate surface area is 132 Å². The van der Waals surface area contributed by atoms with Crippen LogP contribution in [0.2, 0.25) is 0 Å². The van der Waals surface area contributed by atoms with Crippen molar-refractivity contribution in [2.45, 2.75) is 46.1 Å². The number of nitrogens with one attached hydrogen (secondary N) is 2. The molecule has 0 bridgehead atoms. The molecule has 0 fully saturated rings. The molecule has 1 aromatic rings. The van der Waals surface area contributed by atoms with Gasteiger partial charge in [0.05, 0.1) is 19.1 Å². The Hall–Kier alpha value is -1.88. The van der Waals surface area contributed by atoms with E-state index in [0.717, 1.165) is 11.3 Å². The molecule has 3 N–H and O–H groups in total. The van der Waals surface area contributed by atoms with E-state index in [4.69, 9.17) is 5.11 Å². The van der Waals surface area contributed by atoms with Crippen LogP contribution in [0.4, 0.5) is 5.69 Å². The lowest BCUT2D eigenvalue weighted by Crippen LogP contribution is -2.37. The van der Waals surface area contributed by atoms with Gasteiger partial charge in [0, 0.05) is 12.1 Å². The molecule has 0 saturated carbocycles.